The van der Waals surface area contributed by atoms with Crippen molar-refractivity contribution >= 4 is 17.3 Å². The summed E-state index contributed by atoms with van der Waals surface area (Å²) in [4.78, 5) is 14.5. The van der Waals surface area contributed by atoms with Crippen molar-refractivity contribution in [3.05, 3.63) is 34.0 Å². The first-order valence-electron chi connectivity index (χ1n) is 5.63. The van der Waals surface area contributed by atoms with Crippen LogP contribution in [0.2, 0.25) is 0 Å². The fourth-order valence-electron chi connectivity index (χ4n) is 2.05. The summed E-state index contributed by atoms with van der Waals surface area (Å²) in [5, 5.41) is 16.8. The molecule has 0 aliphatic carbocycles. The zero-order valence-electron chi connectivity index (χ0n) is 9.61. The van der Waals surface area contributed by atoms with E-state index in [1.807, 2.05) is 10.6 Å². The summed E-state index contributed by atoms with van der Waals surface area (Å²) in [6, 6.07) is 3.54. The number of carbonyl (C=O) groups is 1. The van der Waals surface area contributed by atoms with Gasteiger partial charge in [0.2, 0.25) is 0 Å². The van der Waals surface area contributed by atoms with Crippen LogP contribution >= 0.6 is 11.3 Å². The largest absolute Gasteiger partial charge is 0.477 e. The number of fused-ring (bicyclic) bond motifs is 1. The van der Waals surface area contributed by atoms with E-state index in [1.54, 1.807) is 12.4 Å². The zero-order valence-corrected chi connectivity index (χ0v) is 10.4. The van der Waals surface area contributed by atoms with Crippen LogP contribution in [0.4, 0.5) is 0 Å². The number of carboxylic acid groups (broad SMARTS) is 1. The van der Waals surface area contributed by atoms with Gasteiger partial charge in [-0.25, -0.2) is 4.79 Å². The highest BCUT2D eigenvalue weighted by molar-refractivity contribution is 7.13. The van der Waals surface area contributed by atoms with Crippen molar-refractivity contribution in [3.63, 3.8) is 0 Å². The Bertz CT molecular complexity index is 577. The van der Waals surface area contributed by atoms with Crippen LogP contribution in [0.25, 0.3) is 0 Å². The van der Waals surface area contributed by atoms with Crippen molar-refractivity contribution in [1.82, 2.24) is 19.7 Å². The lowest BCUT2D eigenvalue weighted by Gasteiger charge is -2.26. The molecule has 1 N–H and O–H groups in total. The Labute approximate surface area is 107 Å². The van der Waals surface area contributed by atoms with Crippen molar-refractivity contribution < 1.29 is 9.90 Å². The minimum atomic E-state index is -0.857. The van der Waals surface area contributed by atoms with E-state index in [0.717, 1.165) is 36.9 Å². The van der Waals surface area contributed by atoms with Gasteiger partial charge in [-0.3, -0.25) is 4.90 Å². The van der Waals surface area contributed by atoms with Gasteiger partial charge in [-0.2, -0.15) is 0 Å². The molecule has 0 unspecified atom stereocenters. The van der Waals surface area contributed by atoms with Crippen LogP contribution in [-0.2, 0) is 19.6 Å². The average Bonchev–Trinajstić information content (AvgIpc) is 2.96. The molecule has 3 rings (SSSR count). The third-order valence-electron chi connectivity index (χ3n) is 2.97. The SMILES string of the molecule is O=C(O)c1ccc(CN2CCn3cnnc3C2)s1. The highest BCUT2D eigenvalue weighted by Crippen LogP contribution is 2.20. The van der Waals surface area contributed by atoms with Gasteiger partial charge in [0.25, 0.3) is 0 Å². The number of thiophene rings is 1. The van der Waals surface area contributed by atoms with Gasteiger partial charge in [0.15, 0.2) is 0 Å². The van der Waals surface area contributed by atoms with Gasteiger partial charge in [0.05, 0.1) is 6.54 Å². The Morgan fingerprint density at radius 3 is 3.11 bits per heavy atom. The lowest BCUT2D eigenvalue weighted by atomic mass is 10.3. The monoisotopic (exact) mass is 264 g/mol. The lowest BCUT2D eigenvalue weighted by Crippen LogP contribution is -2.32. The molecule has 1 aliphatic heterocycles. The molecule has 0 radical (unpaired) electrons. The molecule has 0 aromatic carbocycles. The minimum Gasteiger partial charge on any atom is -0.477 e. The Hall–Kier alpha value is -1.73. The van der Waals surface area contributed by atoms with Gasteiger partial charge in [-0.05, 0) is 12.1 Å². The van der Waals surface area contributed by atoms with Gasteiger partial charge < -0.3 is 9.67 Å². The Kier molecular flexibility index (Phi) is 2.85. The minimum absolute atomic E-state index is 0.394. The maximum Gasteiger partial charge on any atom is 0.345 e. The predicted molar refractivity (Wildman–Crippen MR) is 65.4 cm³/mol. The highest BCUT2D eigenvalue weighted by atomic mass is 32.1. The molecule has 0 saturated carbocycles. The molecule has 18 heavy (non-hydrogen) atoms. The van der Waals surface area contributed by atoms with E-state index in [1.165, 1.54) is 11.3 Å². The molecule has 6 nitrogen and oxygen atoms in total. The molecule has 2 aromatic rings. The van der Waals surface area contributed by atoms with Gasteiger partial charge in [-0.15, -0.1) is 21.5 Å². The quantitative estimate of drug-likeness (QED) is 0.897. The van der Waals surface area contributed by atoms with Crippen molar-refractivity contribution in [2.45, 2.75) is 19.6 Å². The van der Waals surface area contributed by atoms with E-state index < -0.39 is 5.97 Å². The summed E-state index contributed by atoms with van der Waals surface area (Å²) < 4.78 is 2.05. The second-order valence-electron chi connectivity index (χ2n) is 4.22. The maximum absolute atomic E-state index is 10.8. The summed E-state index contributed by atoms with van der Waals surface area (Å²) >= 11 is 1.33. The molecule has 0 spiro atoms. The molecule has 1 aliphatic rings. The van der Waals surface area contributed by atoms with E-state index in [-0.39, 0.29) is 0 Å². The normalized spacial score (nSPS) is 15.6. The van der Waals surface area contributed by atoms with Crippen LogP contribution in [0, 0.1) is 0 Å². The second kappa shape index (κ2) is 4.51. The van der Waals surface area contributed by atoms with E-state index in [2.05, 4.69) is 15.1 Å². The molecule has 7 heteroatoms. The van der Waals surface area contributed by atoms with E-state index in [9.17, 15) is 4.79 Å². The summed E-state index contributed by atoms with van der Waals surface area (Å²) in [5.41, 5.74) is 0. The molecule has 2 aromatic heterocycles. The average molecular weight is 264 g/mol. The van der Waals surface area contributed by atoms with Gasteiger partial charge in [0.1, 0.15) is 17.0 Å². The van der Waals surface area contributed by atoms with Crippen LogP contribution in [-0.4, -0.2) is 37.3 Å². The molecule has 0 amide bonds. The number of aromatic nitrogens is 3. The van der Waals surface area contributed by atoms with Crippen molar-refractivity contribution in [2.75, 3.05) is 6.54 Å². The second-order valence-corrected chi connectivity index (χ2v) is 5.39. The van der Waals surface area contributed by atoms with Crippen LogP contribution in [0.1, 0.15) is 20.4 Å². The summed E-state index contributed by atoms with van der Waals surface area (Å²) in [6.07, 6.45) is 1.75. The molecule has 0 fully saturated rings. The smallest absolute Gasteiger partial charge is 0.345 e. The Balaban J connectivity index is 1.68. The van der Waals surface area contributed by atoms with Crippen molar-refractivity contribution in [2.24, 2.45) is 0 Å². The summed E-state index contributed by atoms with van der Waals surface area (Å²) in [5.74, 6) is 0.112. The summed E-state index contributed by atoms with van der Waals surface area (Å²) in [7, 11) is 0. The van der Waals surface area contributed by atoms with E-state index in [4.69, 9.17) is 5.11 Å². The third-order valence-corrected chi connectivity index (χ3v) is 4.03. The molecule has 0 atom stereocenters. The Morgan fingerprint density at radius 2 is 2.33 bits per heavy atom. The number of hydrogen-bond acceptors (Lipinski definition) is 5. The molecule has 0 saturated heterocycles. The first-order chi connectivity index (χ1) is 8.72. The van der Waals surface area contributed by atoms with Gasteiger partial charge in [0, 0.05) is 24.5 Å². The molecule has 3 heterocycles. The van der Waals surface area contributed by atoms with Crippen LogP contribution in [0.5, 0.6) is 0 Å². The van der Waals surface area contributed by atoms with E-state index in [0.29, 0.717) is 4.88 Å². The first kappa shape index (κ1) is 11.4. The van der Waals surface area contributed by atoms with Gasteiger partial charge >= 0.3 is 5.97 Å². The first-order valence-corrected chi connectivity index (χ1v) is 6.45. The third kappa shape index (κ3) is 2.14. The lowest BCUT2D eigenvalue weighted by molar-refractivity contribution is 0.0702. The fraction of sp³-hybridized carbons (Fsp3) is 0.364. The number of carboxylic acids is 1. The van der Waals surface area contributed by atoms with Crippen LogP contribution < -0.4 is 0 Å². The van der Waals surface area contributed by atoms with Crippen LogP contribution in [0.15, 0.2) is 18.5 Å². The van der Waals surface area contributed by atoms with Crippen molar-refractivity contribution in [1.29, 1.82) is 0 Å². The van der Waals surface area contributed by atoms with Gasteiger partial charge in [-0.1, -0.05) is 0 Å². The van der Waals surface area contributed by atoms with Crippen LogP contribution in [0.3, 0.4) is 0 Å². The van der Waals surface area contributed by atoms with Crippen molar-refractivity contribution in [3.8, 4) is 0 Å². The highest BCUT2D eigenvalue weighted by Gasteiger charge is 2.18. The number of nitrogens with zero attached hydrogens (tertiary/aromatic N) is 4. The van der Waals surface area contributed by atoms with E-state index >= 15 is 0 Å². The molecule has 94 valence electrons. The fourth-order valence-corrected chi connectivity index (χ4v) is 2.94. The molecular formula is C11H12N4O2S. The molecular weight excluding hydrogens is 252 g/mol. The number of hydrogen-bond donors (Lipinski definition) is 1. The Morgan fingerprint density at radius 1 is 1.44 bits per heavy atom. The number of aromatic carboxylic acids is 1. The standard InChI is InChI=1S/C11H12N4O2S/c16-11(17)9-2-1-8(18-9)5-14-3-4-15-7-12-13-10(15)6-14/h1-2,7H,3-6H2,(H,16,17). The zero-order chi connectivity index (χ0) is 12.5. The topological polar surface area (TPSA) is 71.2 Å². The summed E-state index contributed by atoms with van der Waals surface area (Å²) in [6.45, 7) is 3.36. The number of rotatable bonds is 3. The molecule has 0 bridgehead atoms. The predicted octanol–water partition coefficient (Wildman–Crippen LogP) is 1.05. The maximum atomic E-state index is 10.8.